The predicted octanol–water partition coefficient (Wildman–Crippen LogP) is 3.44. The van der Waals surface area contributed by atoms with E-state index in [-0.39, 0.29) is 11.2 Å². The maximum atomic E-state index is 13.2. The molecule has 0 bridgehead atoms. The van der Waals surface area contributed by atoms with Crippen LogP contribution in [0.4, 0.5) is 4.39 Å². The van der Waals surface area contributed by atoms with Gasteiger partial charge in [-0.15, -0.1) is 0 Å². The van der Waals surface area contributed by atoms with Crippen molar-refractivity contribution in [3.05, 3.63) is 35.1 Å². The van der Waals surface area contributed by atoms with Crippen LogP contribution >= 0.6 is 0 Å². The molecule has 1 rings (SSSR count). The molecular weight excluding hydrogens is 201 g/mol. The third-order valence-electron chi connectivity index (χ3n) is 3.81. The first-order valence-corrected chi connectivity index (χ1v) is 6.02. The minimum Gasteiger partial charge on any atom is -0.330 e. The van der Waals surface area contributed by atoms with E-state index in [9.17, 15) is 4.39 Å². The average molecular weight is 223 g/mol. The molecule has 0 spiro atoms. The van der Waals surface area contributed by atoms with Crippen LogP contribution in [0.15, 0.2) is 18.2 Å². The molecule has 0 aliphatic rings. The molecule has 1 nitrogen and oxygen atoms in total. The maximum absolute atomic E-state index is 13.2. The number of rotatable bonds is 5. The second-order valence-electron chi connectivity index (χ2n) is 4.66. The summed E-state index contributed by atoms with van der Waals surface area (Å²) in [6.07, 6.45) is 2.95. The Bertz CT molecular complexity index is 334. The van der Waals surface area contributed by atoms with E-state index < -0.39 is 0 Å². The highest BCUT2D eigenvalue weighted by Gasteiger charge is 2.25. The second-order valence-corrected chi connectivity index (χ2v) is 4.66. The fraction of sp³-hybridized carbons (Fsp3) is 0.571. The van der Waals surface area contributed by atoms with E-state index in [1.165, 1.54) is 6.07 Å². The third kappa shape index (κ3) is 2.82. The van der Waals surface area contributed by atoms with Crippen molar-refractivity contribution in [1.82, 2.24) is 0 Å². The smallest absolute Gasteiger partial charge is 0.123 e. The molecule has 0 saturated heterocycles. The molecular formula is C14H22FN. The highest BCUT2D eigenvalue weighted by Crippen LogP contribution is 2.31. The van der Waals surface area contributed by atoms with Gasteiger partial charge in [0, 0.05) is 0 Å². The number of halogens is 1. The van der Waals surface area contributed by atoms with Gasteiger partial charge in [0.1, 0.15) is 5.82 Å². The Morgan fingerprint density at radius 1 is 1.25 bits per heavy atom. The van der Waals surface area contributed by atoms with Gasteiger partial charge in [0.2, 0.25) is 0 Å². The molecule has 0 aromatic heterocycles. The zero-order valence-corrected chi connectivity index (χ0v) is 10.5. The molecule has 0 aliphatic carbocycles. The normalized spacial score (nSPS) is 11.8. The van der Waals surface area contributed by atoms with Crippen molar-refractivity contribution >= 4 is 0 Å². The summed E-state index contributed by atoms with van der Waals surface area (Å²) in [6, 6.07) is 5.00. The molecule has 0 aliphatic heterocycles. The van der Waals surface area contributed by atoms with Crippen LogP contribution in [0.5, 0.6) is 0 Å². The predicted molar refractivity (Wildman–Crippen MR) is 66.9 cm³/mol. The molecule has 2 N–H and O–H groups in total. The first-order chi connectivity index (χ1) is 7.56. The quantitative estimate of drug-likeness (QED) is 0.813. The molecule has 0 saturated carbocycles. The molecule has 0 amide bonds. The van der Waals surface area contributed by atoms with Gasteiger partial charge in [-0.3, -0.25) is 0 Å². The van der Waals surface area contributed by atoms with Crippen molar-refractivity contribution in [2.75, 3.05) is 6.54 Å². The largest absolute Gasteiger partial charge is 0.330 e. The average Bonchev–Trinajstić information content (AvgIpc) is 2.31. The number of nitrogens with two attached hydrogens (primary N) is 1. The van der Waals surface area contributed by atoms with Gasteiger partial charge in [-0.2, -0.15) is 0 Å². The van der Waals surface area contributed by atoms with Gasteiger partial charge < -0.3 is 5.73 Å². The monoisotopic (exact) mass is 223 g/mol. The summed E-state index contributed by atoms with van der Waals surface area (Å²) in [7, 11) is 0. The Hall–Kier alpha value is -0.890. The Morgan fingerprint density at radius 3 is 2.38 bits per heavy atom. The Morgan fingerprint density at radius 2 is 1.88 bits per heavy atom. The zero-order valence-electron chi connectivity index (χ0n) is 10.5. The minimum atomic E-state index is -0.154. The van der Waals surface area contributed by atoms with Gasteiger partial charge in [-0.05, 0) is 61.4 Å². The first-order valence-electron chi connectivity index (χ1n) is 6.02. The van der Waals surface area contributed by atoms with E-state index in [0.717, 1.165) is 30.4 Å². The lowest BCUT2D eigenvalue weighted by atomic mass is 9.76. The Balaban J connectivity index is 2.97. The van der Waals surface area contributed by atoms with Crippen molar-refractivity contribution in [1.29, 1.82) is 0 Å². The lowest BCUT2D eigenvalue weighted by Gasteiger charge is -2.30. The van der Waals surface area contributed by atoms with Crippen molar-refractivity contribution in [2.24, 2.45) is 11.1 Å². The lowest BCUT2D eigenvalue weighted by molar-refractivity contribution is 0.270. The minimum absolute atomic E-state index is 0.124. The molecule has 0 fully saturated rings. The van der Waals surface area contributed by atoms with Gasteiger partial charge in [0.15, 0.2) is 0 Å². The maximum Gasteiger partial charge on any atom is 0.123 e. The SMILES string of the molecule is CCC(CC)(CN)Cc1cc(F)ccc1C. The second kappa shape index (κ2) is 5.44. The van der Waals surface area contributed by atoms with Crippen LogP contribution < -0.4 is 5.73 Å². The number of aryl methyl sites for hydroxylation is 1. The molecule has 1 aromatic carbocycles. The van der Waals surface area contributed by atoms with E-state index in [2.05, 4.69) is 13.8 Å². The van der Waals surface area contributed by atoms with Crippen LogP contribution in [-0.2, 0) is 6.42 Å². The van der Waals surface area contributed by atoms with Crippen LogP contribution in [-0.4, -0.2) is 6.54 Å². The van der Waals surface area contributed by atoms with Crippen LogP contribution in [0.1, 0.15) is 37.8 Å². The van der Waals surface area contributed by atoms with E-state index in [0.29, 0.717) is 6.54 Å². The van der Waals surface area contributed by atoms with Gasteiger partial charge in [-0.25, -0.2) is 4.39 Å². The van der Waals surface area contributed by atoms with Crippen molar-refractivity contribution in [3.63, 3.8) is 0 Å². The van der Waals surface area contributed by atoms with Crippen LogP contribution in [0.3, 0.4) is 0 Å². The van der Waals surface area contributed by atoms with E-state index in [4.69, 9.17) is 5.73 Å². The molecule has 90 valence electrons. The molecule has 0 unspecified atom stereocenters. The molecule has 16 heavy (non-hydrogen) atoms. The van der Waals surface area contributed by atoms with Gasteiger partial charge >= 0.3 is 0 Å². The zero-order chi connectivity index (χ0) is 12.2. The van der Waals surface area contributed by atoms with Crippen LogP contribution in [0.25, 0.3) is 0 Å². The summed E-state index contributed by atoms with van der Waals surface area (Å²) in [6.45, 7) is 7.01. The fourth-order valence-corrected chi connectivity index (χ4v) is 2.10. The Labute approximate surface area is 97.9 Å². The summed E-state index contributed by atoms with van der Waals surface area (Å²) in [5.74, 6) is -0.154. The number of benzene rings is 1. The third-order valence-corrected chi connectivity index (χ3v) is 3.81. The van der Waals surface area contributed by atoms with Crippen molar-refractivity contribution < 1.29 is 4.39 Å². The number of hydrogen-bond donors (Lipinski definition) is 1. The molecule has 0 radical (unpaired) electrons. The van der Waals surface area contributed by atoms with E-state index in [1.54, 1.807) is 6.07 Å². The van der Waals surface area contributed by atoms with Crippen molar-refractivity contribution in [2.45, 2.75) is 40.0 Å². The number of hydrogen-bond acceptors (Lipinski definition) is 1. The van der Waals surface area contributed by atoms with Crippen LogP contribution in [0, 0.1) is 18.2 Å². The van der Waals surface area contributed by atoms with Crippen molar-refractivity contribution in [3.8, 4) is 0 Å². The summed E-state index contributed by atoms with van der Waals surface area (Å²) in [5, 5.41) is 0. The highest BCUT2D eigenvalue weighted by molar-refractivity contribution is 5.27. The molecule has 2 heteroatoms. The summed E-state index contributed by atoms with van der Waals surface area (Å²) >= 11 is 0. The first kappa shape index (κ1) is 13.2. The van der Waals surface area contributed by atoms with Gasteiger partial charge in [-0.1, -0.05) is 19.9 Å². The van der Waals surface area contributed by atoms with Gasteiger partial charge in [0.05, 0.1) is 0 Å². The lowest BCUT2D eigenvalue weighted by Crippen LogP contribution is -2.31. The highest BCUT2D eigenvalue weighted by atomic mass is 19.1. The van der Waals surface area contributed by atoms with E-state index in [1.807, 2.05) is 13.0 Å². The summed E-state index contributed by atoms with van der Waals surface area (Å²) in [4.78, 5) is 0. The summed E-state index contributed by atoms with van der Waals surface area (Å²) < 4.78 is 13.2. The van der Waals surface area contributed by atoms with Gasteiger partial charge in [0.25, 0.3) is 0 Å². The molecule has 1 aromatic rings. The Kier molecular flexibility index (Phi) is 4.48. The molecule has 0 heterocycles. The fourth-order valence-electron chi connectivity index (χ4n) is 2.10. The topological polar surface area (TPSA) is 26.0 Å². The standard InChI is InChI=1S/C14H22FN/c1-4-14(5-2,10-16)9-12-8-13(15)7-6-11(12)3/h6-8H,4-5,9-10,16H2,1-3H3. The summed E-state index contributed by atoms with van der Waals surface area (Å²) in [5.41, 5.74) is 8.24. The van der Waals surface area contributed by atoms with Crippen LogP contribution in [0.2, 0.25) is 0 Å². The van der Waals surface area contributed by atoms with E-state index >= 15 is 0 Å². The molecule has 0 atom stereocenters.